The maximum atomic E-state index is 15.4. The number of amides is 6. The van der Waals surface area contributed by atoms with E-state index in [9.17, 15) is 19.8 Å². The second-order valence-corrected chi connectivity index (χ2v) is 68.7. The molecule has 6 aromatic carbocycles. The highest BCUT2D eigenvalue weighted by atomic mass is 28.4. The fourth-order valence-corrected chi connectivity index (χ4v) is 21.9. The van der Waals surface area contributed by atoms with E-state index < -0.39 is 238 Å². The summed E-state index contributed by atoms with van der Waals surface area (Å²) < 4.78 is 128. The zero-order valence-electron chi connectivity index (χ0n) is 86.9. The van der Waals surface area contributed by atoms with Crippen molar-refractivity contribution in [1.29, 1.82) is 0 Å². The van der Waals surface area contributed by atoms with Gasteiger partial charge in [-0.05, 0) is 131 Å². The summed E-state index contributed by atoms with van der Waals surface area (Å²) in [5, 5.41) is 41.7. The van der Waals surface area contributed by atoms with Crippen molar-refractivity contribution in [2.24, 2.45) is 0 Å². The smallest absolute Gasteiger partial charge is 0.407 e. The number of aliphatic hydroxyl groups is 2. The summed E-state index contributed by atoms with van der Waals surface area (Å²) in [6.07, 6.45) is -29.5. The van der Waals surface area contributed by atoms with Crippen LogP contribution in [0.1, 0.15) is 156 Å². The minimum Gasteiger partial charge on any atom is -0.445 e. The van der Waals surface area contributed by atoms with Crippen molar-refractivity contribution in [3.8, 4) is 0 Å². The fraction of sp³-hybridized carbons (Fsp3) is 0.596. The third-order valence-electron chi connectivity index (χ3n) is 29.2. The molecule has 8 N–H and O–H groups in total. The van der Waals surface area contributed by atoms with Gasteiger partial charge in [0.15, 0.2) is 66.7 Å². The third-order valence-corrected chi connectivity index (χ3v) is 51.6. The number of carbonyl (C=O) groups excluding carboxylic acids is 6. The first-order chi connectivity index (χ1) is 66.1. The molecule has 1 saturated carbocycles. The predicted molar refractivity (Wildman–Crippen MR) is 545 cm³/mol. The first-order valence-corrected chi connectivity index (χ1v) is 63.7. The van der Waals surface area contributed by atoms with E-state index in [2.05, 4.69) is 188 Å². The van der Waals surface area contributed by atoms with Gasteiger partial charge >= 0.3 is 30.5 Å². The molecule has 4 heterocycles. The molecule has 141 heavy (non-hydrogen) atoms. The lowest BCUT2D eigenvalue weighted by Gasteiger charge is -2.54. The van der Waals surface area contributed by atoms with Gasteiger partial charge in [-0.15, -0.1) is 0 Å². The van der Waals surface area contributed by atoms with Crippen LogP contribution in [0.15, 0.2) is 182 Å². The molecule has 1 aliphatic carbocycles. The van der Waals surface area contributed by atoms with Gasteiger partial charge in [0.2, 0.25) is 5.91 Å². The van der Waals surface area contributed by atoms with Gasteiger partial charge in [-0.2, -0.15) is 0 Å². The van der Waals surface area contributed by atoms with E-state index >= 15 is 19.2 Å². The average molecular weight is 2050 g/mol. The summed E-state index contributed by atoms with van der Waals surface area (Å²) in [5.74, 6) is -1.00. The molecule has 0 radical (unpaired) electrons. The van der Waals surface area contributed by atoms with Crippen LogP contribution >= 0.6 is 0 Å². The molecule has 778 valence electrons. The normalized spacial score (nSPS) is 26.3. The molecule has 11 rings (SSSR count). The second-order valence-electron chi connectivity index (χ2n) is 44.9. The van der Waals surface area contributed by atoms with Crippen molar-refractivity contribution < 1.29 is 123 Å². The summed E-state index contributed by atoms with van der Waals surface area (Å²) in [6, 6.07) is 49.2. The molecule has 4 saturated heterocycles. The van der Waals surface area contributed by atoms with Gasteiger partial charge in [-0.25, -0.2) is 24.0 Å². The lowest BCUT2D eigenvalue weighted by molar-refractivity contribution is -0.356. The minimum absolute atomic E-state index is 0.0558. The van der Waals surface area contributed by atoms with Gasteiger partial charge in [0, 0.05) is 18.7 Å². The number of alkyl carbamates (subject to hydrolysis) is 5. The van der Waals surface area contributed by atoms with Crippen molar-refractivity contribution in [2.45, 2.75) is 369 Å². The van der Waals surface area contributed by atoms with E-state index in [1.807, 2.05) is 159 Å². The van der Waals surface area contributed by atoms with Crippen molar-refractivity contribution >= 4 is 78.0 Å². The minimum atomic E-state index is -3.34. The van der Waals surface area contributed by atoms with E-state index in [1.54, 1.807) is 36.4 Å². The topological polar surface area (TPSA) is 381 Å². The Morgan fingerprint density at radius 1 is 0.376 bits per heavy atom. The Labute approximate surface area is 838 Å². The van der Waals surface area contributed by atoms with Gasteiger partial charge in [0.25, 0.3) is 0 Å². The molecule has 37 heteroatoms. The van der Waals surface area contributed by atoms with Crippen molar-refractivity contribution in [1.82, 2.24) is 31.9 Å². The summed E-state index contributed by atoms with van der Waals surface area (Å²) in [4.78, 5) is 88.8. The monoisotopic (exact) mass is 2040 g/mol. The second kappa shape index (κ2) is 48.3. The Morgan fingerprint density at radius 3 is 1.18 bits per heavy atom. The van der Waals surface area contributed by atoms with Gasteiger partial charge in [-0.3, -0.25) is 4.79 Å². The molecule has 0 aromatic heterocycles. The SMILES string of the molecule is CC(C)(C)[Si](C)(C)OC[C@H]1O[C@@H](O[C@@H]2[C@@H](O)[C@H](NC(=O)[C@@H](O)CCNC(=O)OCc3ccccc3)C[C@H](NC(=O)OCc3ccccc3)[C@H]2O[C@H]2O[C@@H]3COC(c4ccccc4)O[C@H]3[C@H](O[Si](C)(C)C(C)(C)C)[C@H]2NC(=O)OCc2ccccc2)[C@H](O[Si](C)(C)C(C)(C)C)[C@@H]1O[C@H]1O[C@@H](CNC(=O)OCc2ccccc2)[C@@H](O[Si](C)(C)C(C)(C)C)[C@H](O[Si](C)(C)C(C)(C)C)[C@H]1NC(=O)OCc1ccccc1. The van der Waals surface area contributed by atoms with Crippen LogP contribution in [0.2, 0.25) is 90.7 Å². The molecular formula is C104H156N6O26Si5. The average Bonchev–Trinajstić information content (AvgIpc) is 1.43. The number of rotatable bonds is 38. The fourth-order valence-electron chi connectivity index (χ4n) is 15.6. The molecule has 5 fully saturated rings. The molecule has 0 spiro atoms. The highest BCUT2D eigenvalue weighted by Crippen LogP contribution is 2.49. The number of carbonyl (C=O) groups is 6. The Balaban J connectivity index is 1.10. The van der Waals surface area contributed by atoms with Crippen molar-refractivity contribution in [3.63, 3.8) is 0 Å². The Bertz CT molecular complexity index is 4960. The van der Waals surface area contributed by atoms with Gasteiger partial charge in [-0.1, -0.05) is 286 Å². The molecule has 6 amide bonds. The van der Waals surface area contributed by atoms with E-state index in [4.69, 9.17) is 83.7 Å². The zero-order valence-corrected chi connectivity index (χ0v) is 91.9. The van der Waals surface area contributed by atoms with Crippen LogP contribution in [0.5, 0.6) is 0 Å². The summed E-state index contributed by atoms with van der Waals surface area (Å²) >= 11 is 0. The number of ether oxygens (including phenoxy) is 13. The molecule has 6 aromatic rings. The van der Waals surface area contributed by atoms with Crippen LogP contribution in [-0.4, -0.2) is 237 Å². The van der Waals surface area contributed by atoms with E-state index in [-0.39, 0.29) is 65.8 Å². The van der Waals surface area contributed by atoms with Crippen LogP contribution < -0.4 is 31.9 Å². The van der Waals surface area contributed by atoms with Crippen molar-refractivity contribution in [2.75, 3.05) is 26.3 Å². The number of fused-ring (bicyclic) bond motifs is 1. The van der Waals surface area contributed by atoms with Crippen LogP contribution in [0.3, 0.4) is 0 Å². The Hall–Kier alpha value is -8.38. The molecule has 5 aliphatic rings. The molecule has 1 unspecified atom stereocenters. The summed E-state index contributed by atoms with van der Waals surface area (Å²) in [5.41, 5.74) is 4.15. The third kappa shape index (κ3) is 30.9. The Kier molecular flexibility index (Phi) is 38.7. The van der Waals surface area contributed by atoms with Gasteiger partial charge in [0.05, 0.1) is 37.5 Å². The van der Waals surface area contributed by atoms with Crippen LogP contribution in [0, 0.1) is 0 Å². The van der Waals surface area contributed by atoms with Gasteiger partial charge < -0.3 is 126 Å². The van der Waals surface area contributed by atoms with E-state index in [1.165, 1.54) is 0 Å². The largest absolute Gasteiger partial charge is 0.445 e. The number of nitrogens with one attached hydrogen (secondary N) is 6. The predicted octanol–water partition coefficient (Wildman–Crippen LogP) is 17.8. The summed E-state index contributed by atoms with van der Waals surface area (Å²) in [6.45, 7) is 50.5. The highest BCUT2D eigenvalue weighted by molar-refractivity contribution is 6.76. The van der Waals surface area contributed by atoms with E-state index in [0.717, 1.165) is 11.1 Å². The first-order valence-electron chi connectivity index (χ1n) is 49.2. The quantitative estimate of drug-likeness (QED) is 0.0132. The lowest BCUT2D eigenvalue weighted by atomic mass is 9.83. The molecule has 32 nitrogen and oxygen atoms in total. The number of hydrogen-bond acceptors (Lipinski definition) is 26. The molecule has 21 atom stereocenters. The summed E-state index contributed by atoms with van der Waals surface area (Å²) in [7, 11) is -15.4. The number of aliphatic hydroxyl groups excluding tert-OH is 2. The first kappa shape index (κ1) is 113. The van der Waals surface area contributed by atoms with Gasteiger partial charge in [0.1, 0.15) is 112 Å². The Morgan fingerprint density at radius 2 is 0.738 bits per heavy atom. The van der Waals surface area contributed by atoms with Crippen LogP contribution in [0.25, 0.3) is 0 Å². The number of benzene rings is 6. The van der Waals surface area contributed by atoms with Crippen LogP contribution in [0.4, 0.5) is 24.0 Å². The lowest BCUT2D eigenvalue weighted by Crippen LogP contribution is -2.72. The molecule has 0 bridgehead atoms. The molecular weight excluding hydrogens is 1890 g/mol. The maximum Gasteiger partial charge on any atom is 0.407 e. The maximum absolute atomic E-state index is 15.4. The van der Waals surface area contributed by atoms with Crippen molar-refractivity contribution in [3.05, 3.63) is 215 Å². The zero-order chi connectivity index (χ0) is 103. The highest BCUT2D eigenvalue weighted by Gasteiger charge is 2.63. The van der Waals surface area contributed by atoms with E-state index in [0.29, 0.717) is 22.3 Å². The standard InChI is InChI=1S/C104H156N6O26Si5/c1-100(2,3)137(16,17)125-66-78-84(131-92-80(110-99(118)124-64-71-52-40-30-41-53-71)87(135-140(22,23)103(10,11)12)85(133-138(18,19)101(4,5)6)76(126-92)59-106-96(115)121-61-68-46-34-27-35-47-68)89(136-141(24,25)104(13,14)15)94(128-78)132-88-81(112)73(107-90(113)75(111)56-57-105-95(114)120-60-67-44-32-26-33-45-67)58-74(108-97(116)122-62-69-48-36-28-37-49-69)82(88)129-93-79(109-98(117)123-63-70-50-38-29-39-51-70)86(134-139(20,21)102(7,8)9)83-77(127-93)65-119-91(130-83)72-54-42-31-43-55-72/h26-55,73-89,91-94,111-112H,56-66H2,1-25H3,(H,105,114)(H,106,115)(H,107,113)(H,108,116)(H,109,117)(H,110,118)/t73-,74+,75+,76+,77-,78-,79-,80-,81+,82-,83-,84-,85-,86-,87-,88-,89-,91?,92-,93-,94+/m1/s1. The molecule has 4 aliphatic heterocycles. The van der Waals surface area contributed by atoms with Crippen LogP contribution in [-0.2, 0) is 122 Å². The number of hydrogen-bond donors (Lipinski definition) is 8.